The van der Waals surface area contributed by atoms with E-state index < -0.39 is 43.1 Å². The van der Waals surface area contributed by atoms with E-state index in [2.05, 4.69) is 20.4 Å². The number of ether oxygens (including phenoxy) is 1. The van der Waals surface area contributed by atoms with Crippen molar-refractivity contribution in [2.75, 3.05) is 24.6 Å². The number of aryl methyl sites for hydroxylation is 1. The lowest BCUT2D eigenvalue weighted by molar-refractivity contribution is -0.153. The molecule has 1 saturated carbocycles. The van der Waals surface area contributed by atoms with Gasteiger partial charge in [0.05, 0.1) is 18.4 Å². The van der Waals surface area contributed by atoms with Crippen LogP contribution >= 0.6 is 0 Å². The van der Waals surface area contributed by atoms with Gasteiger partial charge in [-0.2, -0.15) is 18.2 Å². The number of rotatable bonds is 7. The minimum atomic E-state index is -4.65. The highest BCUT2D eigenvalue weighted by Crippen LogP contribution is 2.45. The van der Waals surface area contributed by atoms with Gasteiger partial charge in [0.25, 0.3) is 11.8 Å². The van der Waals surface area contributed by atoms with Gasteiger partial charge in [0.2, 0.25) is 5.89 Å². The Morgan fingerprint density at radius 2 is 2.09 bits per heavy atom. The van der Waals surface area contributed by atoms with Crippen molar-refractivity contribution in [2.45, 2.75) is 50.7 Å². The van der Waals surface area contributed by atoms with Gasteiger partial charge in [0.1, 0.15) is 17.0 Å². The summed E-state index contributed by atoms with van der Waals surface area (Å²) < 4.78 is 75.5. The first-order valence-corrected chi connectivity index (χ1v) is 10.3. The second-order valence-electron chi connectivity index (χ2n) is 8.54. The second-order valence-corrected chi connectivity index (χ2v) is 8.54. The van der Waals surface area contributed by atoms with Crippen LogP contribution in [0.3, 0.4) is 0 Å². The molecule has 0 aromatic carbocycles. The molecule has 1 aliphatic heterocycles. The number of hydrogen-bond acceptors (Lipinski definition) is 7. The molecular weight excluding hydrogens is 453 g/mol. The number of amides is 1. The molecule has 2 fully saturated rings. The molecule has 2 aliphatic rings. The van der Waals surface area contributed by atoms with Crippen LogP contribution in [0.15, 0.2) is 16.8 Å². The molecule has 1 unspecified atom stereocenters. The Hall–Kier alpha value is -2.99. The number of pyridine rings is 1. The van der Waals surface area contributed by atoms with E-state index in [-0.39, 0.29) is 35.4 Å². The van der Waals surface area contributed by atoms with Crippen LogP contribution in [0.5, 0.6) is 5.75 Å². The largest absolute Gasteiger partial charge is 0.482 e. The van der Waals surface area contributed by atoms with Gasteiger partial charge in [-0.1, -0.05) is 5.16 Å². The Labute approximate surface area is 185 Å². The highest BCUT2D eigenvalue weighted by molar-refractivity contribution is 5.93. The lowest BCUT2D eigenvalue weighted by Gasteiger charge is -2.27. The molecule has 1 N–H and O–H groups in total. The Kier molecular flexibility index (Phi) is 5.69. The molecule has 0 bridgehead atoms. The number of aromatic nitrogens is 3. The number of carbonyl (C=O) groups is 1. The number of carbonyl (C=O) groups excluding carboxylic acids is 1. The van der Waals surface area contributed by atoms with Crippen molar-refractivity contribution in [3.63, 3.8) is 0 Å². The SMILES string of the molecule is Cc1nc(C(C)(NC(=O)c2cc(OCC(F)(F)F)c(N3CCC(F)(F)C3)cn2)C2CC2)no1. The summed E-state index contributed by atoms with van der Waals surface area (Å²) in [6.45, 7) is 0.933. The Morgan fingerprint density at radius 1 is 1.36 bits per heavy atom. The zero-order chi connectivity index (χ0) is 24.0. The van der Waals surface area contributed by atoms with Gasteiger partial charge in [-0.05, 0) is 25.7 Å². The Bertz CT molecular complexity index is 1040. The first-order valence-electron chi connectivity index (χ1n) is 10.3. The predicted octanol–water partition coefficient (Wildman–Crippen LogP) is 3.61. The molecule has 2 aromatic rings. The topological polar surface area (TPSA) is 93.4 Å². The quantitative estimate of drug-likeness (QED) is 0.612. The molecule has 1 atom stereocenters. The van der Waals surface area contributed by atoms with Crippen LogP contribution in [-0.2, 0) is 5.54 Å². The van der Waals surface area contributed by atoms with Crippen LogP contribution in [-0.4, -0.2) is 52.8 Å². The maximum atomic E-state index is 13.7. The van der Waals surface area contributed by atoms with Crippen LogP contribution in [0.1, 0.15) is 48.4 Å². The van der Waals surface area contributed by atoms with Gasteiger partial charge >= 0.3 is 6.18 Å². The van der Waals surface area contributed by atoms with E-state index >= 15 is 0 Å². The standard InChI is InChI=1S/C20H22F5N5O3/c1-11-27-17(29-33-11)18(2,12-3-4-12)28-16(31)13-7-15(32-10-20(23,24)25)14(8-26-13)30-6-5-19(21,22)9-30/h7-8,12H,3-6,9-10H2,1-2H3,(H,28,31). The van der Waals surface area contributed by atoms with Crippen LogP contribution < -0.4 is 15.0 Å². The van der Waals surface area contributed by atoms with Crippen molar-refractivity contribution in [3.05, 3.63) is 29.7 Å². The third-order valence-corrected chi connectivity index (χ3v) is 5.74. The zero-order valence-electron chi connectivity index (χ0n) is 17.9. The molecule has 1 saturated heterocycles. The lowest BCUT2D eigenvalue weighted by Crippen LogP contribution is -2.46. The van der Waals surface area contributed by atoms with Crippen molar-refractivity contribution >= 4 is 11.6 Å². The number of alkyl halides is 5. The van der Waals surface area contributed by atoms with Gasteiger partial charge in [-0.3, -0.25) is 4.79 Å². The van der Waals surface area contributed by atoms with Gasteiger partial charge < -0.3 is 19.5 Å². The van der Waals surface area contributed by atoms with Crippen molar-refractivity contribution in [1.29, 1.82) is 0 Å². The normalized spacial score (nSPS) is 19.9. The maximum absolute atomic E-state index is 13.7. The summed E-state index contributed by atoms with van der Waals surface area (Å²) in [5, 5.41) is 6.71. The summed E-state index contributed by atoms with van der Waals surface area (Å²) in [5.74, 6) is -3.38. The Balaban J connectivity index is 1.60. The van der Waals surface area contributed by atoms with Gasteiger partial charge in [-0.15, -0.1) is 0 Å². The van der Waals surface area contributed by atoms with E-state index in [4.69, 9.17) is 9.26 Å². The molecule has 0 radical (unpaired) electrons. The Morgan fingerprint density at radius 3 is 2.64 bits per heavy atom. The van der Waals surface area contributed by atoms with E-state index in [0.29, 0.717) is 5.89 Å². The van der Waals surface area contributed by atoms with Crippen LogP contribution in [0.2, 0.25) is 0 Å². The molecular formula is C20H22F5N5O3. The first-order chi connectivity index (χ1) is 15.4. The van der Waals surface area contributed by atoms with Gasteiger partial charge in [-0.25, -0.2) is 13.8 Å². The smallest absolute Gasteiger partial charge is 0.422 e. The molecule has 4 rings (SSSR count). The summed E-state index contributed by atoms with van der Waals surface area (Å²) in [5.41, 5.74) is -1.24. The number of anilines is 1. The van der Waals surface area contributed by atoms with Crippen molar-refractivity contribution in [2.24, 2.45) is 5.92 Å². The molecule has 1 aliphatic carbocycles. The lowest BCUT2D eigenvalue weighted by atomic mass is 9.94. The average molecular weight is 475 g/mol. The van der Waals surface area contributed by atoms with Crippen molar-refractivity contribution in [3.8, 4) is 5.75 Å². The van der Waals surface area contributed by atoms with Gasteiger partial charge in [0, 0.05) is 26.0 Å². The minimum absolute atomic E-state index is 0.0354. The molecule has 180 valence electrons. The number of nitrogens with one attached hydrogen (secondary N) is 1. The van der Waals surface area contributed by atoms with E-state index in [1.807, 2.05) is 0 Å². The first kappa shape index (κ1) is 23.2. The number of nitrogens with zero attached hydrogens (tertiary/aromatic N) is 4. The third kappa shape index (κ3) is 5.17. The highest BCUT2D eigenvalue weighted by Gasteiger charge is 2.47. The van der Waals surface area contributed by atoms with Crippen molar-refractivity contribution < 1.29 is 36.0 Å². The highest BCUT2D eigenvalue weighted by atomic mass is 19.4. The monoisotopic (exact) mass is 475 g/mol. The minimum Gasteiger partial charge on any atom is -0.482 e. The molecule has 1 amide bonds. The molecule has 3 heterocycles. The van der Waals surface area contributed by atoms with Crippen LogP contribution in [0.25, 0.3) is 0 Å². The molecule has 0 spiro atoms. The van der Waals surface area contributed by atoms with Gasteiger partial charge in [0.15, 0.2) is 12.4 Å². The zero-order valence-corrected chi connectivity index (χ0v) is 17.9. The van der Waals surface area contributed by atoms with E-state index in [9.17, 15) is 26.7 Å². The van der Waals surface area contributed by atoms with Crippen LogP contribution in [0, 0.1) is 12.8 Å². The van der Waals surface area contributed by atoms with Crippen molar-refractivity contribution in [1.82, 2.24) is 20.4 Å². The van der Waals surface area contributed by atoms with E-state index in [1.54, 1.807) is 13.8 Å². The van der Waals surface area contributed by atoms with E-state index in [1.165, 1.54) is 4.90 Å². The maximum Gasteiger partial charge on any atom is 0.422 e. The molecule has 8 nitrogen and oxygen atoms in total. The molecule has 33 heavy (non-hydrogen) atoms. The predicted molar refractivity (Wildman–Crippen MR) is 104 cm³/mol. The summed E-state index contributed by atoms with van der Waals surface area (Å²) in [4.78, 5) is 22.4. The fourth-order valence-corrected chi connectivity index (χ4v) is 3.82. The molecule has 2 aromatic heterocycles. The number of hydrogen-bond donors (Lipinski definition) is 1. The summed E-state index contributed by atoms with van der Waals surface area (Å²) in [6.07, 6.45) is -2.38. The average Bonchev–Trinajstić information content (AvgIpc) is 3.40. The fourth-order valence-electron chi connectivity index (χ4n) is 3.82. The molecule has 13 heteroatoms. The fraction of sp³-hybridized carbons (Fsp3) is 0.600. The summed E-state index contributed by atoms with van der Waals surface area (Å²) >= 11 is 0. The third-order valence-electron chi connectivity index (χ3n) is 5.74. The van der Waals surface area contributed by atoms with E-state index in [0.717, 1.165) is 25.1 Å². The second kappa shape index (κ2) is 8.10. The number of halogens is 5. The summed E-state index contributed by atoms with van der Waals surface area (Å²) in [7, 11) is 0. The summed E-state index contributed by atoms with van der Waals surface area (Å²) in [6, 6.07) is 1.03. The van der Waals surface area contributed by atoms with Crippen LogP contribution in [0.4, 0.5) is 27.6 Å².